The molecule has 0 unspecified atom stereocenters. The molecule has 2 heteroatoms. The van der Waals surface area contributed by atoms with E-state index in [1.165, 1.54) is 0 Å². The maximum atomic E-state index is 8.67. The van der Waals surface area contributed by atoms with Crippen molar-refractivity contribution in [3.63, 3.8) is 0 Å². The van der Waals surface area contributed by atoms with E-state index < -0.39 is 0 Å². The molecule has 2 nitrogen and oxygen atoms in total. The van der Waals surface area contributed by atoms with Crippen molar-refractivity contribution >= 4 is 0 Å². The quantitative estimate of drug-likeness (QED) is 0.562. The van der Waals surface area contributed by atoms with Crippen LogP contribution in [-0.4, -0.2) is 22.5 Å². The van der Waals surface area contributed by atoms with Crippen molar-refractivity contribution in [2.24, 2.45) is 0 Å². The standard InChI is InChI=1S/C10H20N2/c1-9(2,3)12(8-7-11)10(4,5)6/h8H2,1-6H3. The normalized spacial score (nSPS) is 13.2. The van der Waals surface area contributed by atoms with Crippen LogP contribution in [0.15, 0.2) is 0 Å². The second-order valence-corrected chi connectivity index (χ2v) is 5.09. The van der Waals surface area contributed by atoms with Gasteiger partial charge in [-0.1, -0.05) is 0 Å². The SMILES string of the molecule is CC(C)(C)N(CC#N)C(C)(C)C. The predicted molar refractivity (Wildman–Crippen MR) is 51.8 cm³/mol. The molecular weight excluding hydrogens is 148 g/mol. The van der Waals surface area contributed by atoms with E-state index in [0.29, 0.717) is 6.54 Å². The van der Waals surface area contributed by atoms with Gasteiger partial charge in [0.1, 0.15) is 0 Å². The monoisotopic (exact) mass is 168 g/mol. The molecule has 0 aromatic rings. The van der Waals surface area contributed by atoms with Crippen LogP contribution in [0.2, 0.25) is 0 Å². The van der Waals surface area contributed by atoms with Gasteiger partial charge in [-0.25, -0.2) is 0 Å². The maximum Gasteiger partial charge on any atom is 0.0874 e. The average molecular weight is 168 g/mol. The van der Waals surface area contributed by atoms with Crippen molar-refractivity contribution < 1.29 is 0 Å². The smallest absolute Gasteiger partial charge is 0.0874 e. The van der Waals surface area contributed by atoms with Gasteiger partial charge < -0.3 is 0 Å². The molecule has 0 heterocycles. The Morgan fingerprint density at radius 1 is 1.00 bits per heavy atom. The van der Waals surface area contributed by atoms with E-state index in [2.05, 4.69) is 52.5 Å². The molecule has 0 radical (unpaired) electrons. The number of rotatable bonds is 1. The van der Waals surface area contributed by atoms with E-state index in [1.54, 1.807) is 0 Å². The Labute approximate surface area is 76.2 Å². The largest absolute Gasteiger partial charge is 0.281 e. The highest BCUT2D eigenvalue weighted by Gasteiger charge is 2.30. The molecule has 70 valence electrons. The van der Waals surface area contributed by atoms with Gasteiger partial charge in [0, 0.05) is 11.1 Å². The topological polar surface area (TPSA) is 27.0 Å². The van der Waals surface area contributed by atoms with Gasteiger partial charge in [-0.15, -0.1) is 0 Å². The molecule has 0 aromatic heterocycles. The van der Waals surface area contributed by atoms with Gasteiger partial charge in [-0.2, -0.15) is 5.26 Å². The van der Waals surface area contributed by atoms with Crippen LogP contribution in [0.1, 0.15) is 41.5 Å². The first-order chi connectivity index (χ1) is 5.19. The number of nitriles is 1. The van der Waals surface area contributed by atoms with Crippen molar-refractivity contribution in [2.75, 3.05) is 6.54 Å². The zero-order valence-electron chi connectivity index (χ0n) is 9.10. The molecule has 0 atom stereocenters. The summed E-state index contributed by atoms with van der Waals surface area (Å²) in [5.41, 5.74) is 0.127. The Morgan fingerprint density at radius 3 is 1.42 bits per heavy atom. The molecule has 0 aromatic carbocycles. The van der Waals surface area contributed by atoms with E-state index in [1.807, 2.05) is 0 Å². The fraction of sp³-hybridized carbons (Fsp3) is 0.900. The van der Waals surface area contributed by atoms with Crippen molar-refractivity contribution in [2.45, 2.75) is 52.6 Å². The lowest BCUT2D eigenvalue weighted by molar-refractivity contribution is 0.0538. The second-order valence-electron chi connectivity index (χ2n) is 5.09. The predicted octanol–water partition coefficient (Wildman–Crippen LogP) is 2.41. The van der Waals surface area contributed by atoms with Gasteiger partial charge >= 0.3 is 0 Å². The minimum atomic E-state index is 0.0635. The Balaban J connectivity index is 4.59. The first kappa shape index (κ1) is 11.4. The summed E-state index contributed by atoms with van der Waals surface area (Å²) in [6.07, 6.45) is 0. The number of hydrogen-bond acceptors (Lipinski definition) is 2. The summed E-state index contributed by atoms with van der Waals surface area (Å²) < 4.78 is 0. The Morgan fingerprint density at radius 2 is 1.33 bits per heavy atom. The van der Waals surface area contributed by atoms with Crippen molar-refractivity contribution in [1.29, 1.82) is 5.26 Å². The highest BCUT2D eigenvalue weighted by Crippen LogP contribution is 2.23. The molecular formula is C10H20N2. The molecule has 0 aliphatic carbocycles. The summed E-state index contributed by atoms with van der Waals surface area (Å²) in [6.45, 7) is 13.3. The van der Waals surface area contributed by atoms with E-state index in [-0.39, 0.29) is 11.1 Å². The van der Waals surface area contributed by atoms with Crippen LogP contribution in [0, 0.1) is 11.3 Å². The fourth-order valence-corrected chi connectivity index (χ4v) is 1.55. The average Bonchev–Trinajstić information content (AvgIpc) is 1.77. The van der Waals surface area contributed by atoms with E-state index in [0.717, 1.165) is 0 Å². The molecule has 0 fully saturated rings. The lowest BCUT2D eigenvalue weighted by Gasteiger charge is -2.43. The zero-order chi connectivity index (χ0) is 9.99. The molecule has 0 amide bonds. The lowest BCUT2D eigenvalue weighted by atomic mass is 9.96. The highest BCUT2D eigenvalue weighted by molar-refractivity contribution is 4.92. The molecule has 0 N–H and O–H groups in total. The van der Waals surface area contributed by atoms with Crippen molar-refractivity contribution in [1.82, 2.24) is 4.90 Å². The van der Waals surface area contributed by atoms with Crippen LogP contribution in [0.4, 0.5) is 0 Å². The molecule has 0 rings (SSSR count). The van der Waals surface area contributed by atoms with Gasteiger partial charge in [0.25, 0.3) is 0 Å². The van der Waals surface area contributed by atoms with E-state index >= 15 is 0 Å². The zero-order valence-corrected chi connectivity index (χ0v) is 9.10. The minimum absolute atomic E-state index is 0.0635. The van der Waals surface area contributed by atoms with Crippen LogP contribution < -0.4 is 0 Å². The first-order valence-corrected chi connectivity index (χ1v) is 4.34. The molecule has 0 saturated heterocycles. The third-order valence-electron chi connectivity index (χ3n) is 1.85. The maximum absolute atomic E-state index is 8.67. The summed E-state index contributed by atoms with van der Waals surface area (Å²) in [4.78, 5) is 2.19. The van der Waals surface area contributed by atoms with Crippen LogP contribution in [0.3, 0.4) is 0 Å². The first-order valence-electron chi connectivity index (χ1n) is 4.34. The van der Waals surface area contributed by atoms with Crippen LogP contribution in [0.25, 0.3) is 0 Å². The number of hydrogen-bond donors (Lipinski definition) is 0. The summed E-state index contributed by atoms with van der Waals surface area (Å²) in [5, 5.41) is 8.67. The van der Waals surface area contributed by atoms with Gasteiger partial charge in [0.15, 0.2) is 0 Å². The molecule has 0 spiro atoms. The van der Waals surface area contributed by atoms with Gasteiger partial charge in [0.05, 0.1) is 12.6 Å². The van der Waals surface area contributed by atoms with Crippen LogP contribution in [0.5, 0.6) is 0 Å². The molecule has 0 aliphatic rings. The van der Waals surface area contributed by atoms with Gasteiger partial charge in [-0.05, 0) is 41.5 Å². The third-order valence-corrected chi connectivity index (χ3v) is 1.85. The van der Waals surface area contributed by atoms with Crippen LogP contribution >= 0.6 is 0 Å². The lowest BCUT2D eigenvalue weighted by Crippen LogP contribution is -2.52. The van der Waals surface area contributed by atoms with E-state index in [9.17, 15) is 0 Å². The third kappa shape index (κ3) is 3.23. The van der Waals surface area contributed by atoms with Crippen molar-refractivity contribution in [3.8, 4) is 6.07 Å². The van der Waals surface area contributed by atoms with Crippen LogP contribution in [-0.2, 0) is 0 Å². The van der Waals surface area contributed by atoms with Gasteiger partial charge in [0.2, 0.25) is 0 Å². The molecule has 12 heavy (non-hydrogen) atoms. The molecule has 0 saturated carbocycles. The minimum Gasteiger partial charge on any atom is -0.281 e. The summed E-state index contributed by atoms with van der Waals surface area (Å²) >= 11 is 0. The second kappa shape index (κ2) is 3.45. The van der Waals surface area contributed by atoms with E-state index in [4.69, 9.17) is 5.26 Å². The summed E-state index contributed by atoms with van der Waals surface area (Å²) in [7, 11) is 0. The Kier molecular flexibility index (Phi) is 3.29. The summed E-state index contributed by atoms with van der Waals surface area (Å²) in [6, 6.07) is 2.21. The number of nitrogens with zero attached hydrogens (tertiary/aromatic N) is 2. The fourth-order valence-electron chi connectivity index (χ4n) is 1.55. The molecule has 0 aliphatic heterocycles. The highest BCUT2D eigenvalue weighted by atomic mass is 15.2. The van der Waals surface area contributed by atoms with Gasteiger partial charge in [-0.3, -0.25) is 4.90 Å². The van der Waals surface area contributed by atoms with Crippen molar-refractivity contribution in [3.05, 3.63) is 0 Å². The Bertz CT molecular complexity index is 161. The Hall–Kier alpha value is -0.550. The molecule has 0 bridgehead atoms. The summed E-state index contributed by atoms with van der Waals surface area (Å²) in [5.74, 6) is 0.